The first kappa shape index (κ1) is 31.3. The first-order valence-corrected chi connectivity index (χ1v) is 16.3. The Balaban J connectivity index is 1.08. The molecule has 0 radical (unpaired) electrons. The number of nitrogens with zero attached hydrogens (tertiary/aromatic N) is 4. The summed E-state index contributed by atoms with van der Waals surface area (Å²) in [4.78, 5) is 27.2. The zero-order chi connectivity index (χ0) is 31.6. The van der Waals surface area contributed by atoms with E-state index in [1.54, 1.807) is 0 Å². The molecule has 1 aliphatic carbocycles. The maximum atomic E-state index is 13.5. The highest BCUT2D eigenvalue weighted by molar-refractivity contribution is 5.95. The first-order valence-electron chi connectivity index (χ1n) is 16.3. The minimum absolute atomic E-state index is 0.130. The fraction of sp³-hybridized carbons (Fsp3) is 0.559. The van der Waals surface area contributed by atoms with Gasteiger partial charge in [-0.25, -0.2) is 9.97 Å². The Morgan fingerprint density at radius 1 is 1.18 bits per heavy atom. The van der Waals surface area contributed by atoms with Gasteiger partial charge in [-0.15, -0.1) is 0 Å². The van der Waals surface area contributed by atoms with Crippen LogP contribution in [0.1, 0.15) is 73.0 Å². The number of aryl methyl sites for hydroxylation is 1. The van der Waals surface area contributed by atoms with Crippen molar-refractivity contribution in [2.24, 2.45) is 0 Å². The molecule has 4 N–H and O–H groups in total. The second kappa shape index (κ2) is 13.4. The normalized spacial score (nSPS) is 21.2. The Morgan fingerprint density at radius 3 is 2.67 bits per heavy atom. The van der Waals surface area contributed by atoms with E-state index in [4.69, 9.17) is 14.1 Å². The van der Waals surface area contributed by atoms with E-state index in [0.717, 1.165) is 73.2 Å². The van der Waals surface area contributed by atoms with Crippen molar-refractivity contribution in [2.45, 2.75) is 90.3 Å². The molecule has 2 aliphatic heterocycles. The molecule has 11 nitrogen and oxygen atoms in total. The second-order valence-corrected chi connectivity index (χ2v) is 13.2. The van der Waals surface area contributed by atoms with Crippen LogP contribution in [0.4, 0.5) is 11.6 Å². The number of hydrogen-bond donors (Lipinski definition) is 4. The summed E-state index contributed by atoms with van der Waals surface area (Å²) in [5.74, 6) is 2.82. The number of aromatic nitrogens is 2. The molecule has 2 atom stereocenters. The monoisotopic (exact) mass is 617 g/mol. The standard InChI is InChI=1S/C34H47N7O4/c1-22(2)40-10-12-41(13-11-40)32-16-25(15-31(39-32)38-27-6-5-7-27)33(43)35-19-30(42)34(4)17-24-8-9-28(14-26(24)18-37-34)44-20-29-23(3)36-21-45-29/h8-9,14-16,21-22,27,30,37,42H,5-7,10-13,17-20H2,1-4H3,(H,35,43)(H,38,39)/t30-,34-/m1/s1. The number of hydrogen-bond acceptors (Lipinski definition) is 10. The zero-order valence-corrected chi connectivity index (χ0v) is 26.9. The van der Waals surface area contributed by atoms with Crippen molar-refractivity contribution in [3.8, 4) is 5.75 Å². The number of pyridine rings is 1. The van der Waals surface area contributed by atoms with Crippen LogP contribution >= 0.6 is 0 Å². The number of nitrogens with one attached hydrogen (secondary N) is 3. The van der Waals surface area contributed by atoms with Crippen LogP contribution in [0, 0.1) is 6.92 Å². The van der Waals surface area contributed by atoms with Crippen LogP contribution in [-0.4, -0.2) is 82.3 Å². The minimum atomic E-state index is -0.794. The molecule has 2 fully saturated rings. The molecule has 4 heterocycles. The van der Waals surface area contributed by atoms with Crippen molar-refractivity contribution in [3.05, 3.63) is 64.9 Å². The molecule has 6 rings (SSSR count). The van der Waals surface area contributed by atoms with Gasteiger partial charge in [-0.2, -0.15) is 0 Å². The number of carbonyl (C=O) groups excluding carboxylic acids is 1. The molecular weight excluding hydrogens is 570 g/mol. The number of oxazole rings is 1. The predicted octanol–water partition coefficient (Wildman–Crippen LogP) is 3.65. The molecule has 45 heavy (non-hydrogen) atoms. The number of aliphatic hydroxyl groups excluding tert-OH is 1. The summed E-state index contributed by atoms with van der Waals surface area (Å²) >= 11 is 0. The Labute approximate surface area is 265 Å². The van der Waals surface area contributed by atoms with Crippen molar-refractivity contribution in [1.29, 1.82) is 0 Å². The van der Waals surface area contributed by atoms with E-state index in [2.05, 4.69) is 50.6 Å². The van der Waals surface area contributed by atoms with E-state index in [9.17, 15) is 9.90 Å². The molecule has 3 aromatic rings. The van der Waals surface area contributed by atoms with E-state index in [0.29, 0.717) is 43.0 Å². The van der Waals surface area contributed by atoms with Gasteiger partial charge in [-0.3, -0.25) is 9.69 Å². The highest BCUT2D eigenvalue weighted by atomic mass is 16.5. The van der Waals surface area contributed by atoms with Crippen molar-refractivity contribution in [3.63, 3.8) is 0 Å². The van der Waals surface area contributed by atoms with Gasteiger partial charge in [0.25, 0.3) is 5.91 Å². The van der Waals surface area contributed by atoms with E-state index >= 15 is 0 Å². The Morgan fingerprint density at radius 2 is 1.98 bits per heavy atom. The molecule has 1 aromatic carbocycles. The average Bonchev–Trinajstić information content (AvgIpc) is 3.44. The predicted molar refractivity (Wildman–Crippen MR) is 174 cm³/mol. The summed E-state index contributed by atoms with van der Waals surface area (Å²) in [5, 5.41) is 21.4. The van der Waals surface area contributed by atoms with Crippen LogP contribution in [0.2, 0.25) is 0 Å². The van der Waals surface area contributed by atoms with Gasteiger partial charge in [-0.05, 0) is 88.8 Å². The average molecular weight is 618 g/mol. The fourth-order valence-corrected chi connectivity index (χ4v) is 6.26. The summed E-state index contributed by atoms with van der Waals surface area (Å²) in [6, 6.07) is 10.7. The number of anilines is 2. The second-order valence-electron chi connectivity index (χ2n) is 13.2. The summed E-state index contributed by atoms with van der Waals surface area (Å²) in [6.07, 6.45) is 4.72. The molecule has 1 amide bonds. The van der Waals surface area contributed by atoms with E-state index < -0.39 is 11.6 Å². The van der Waals surface area contributed by atoms with Gasteiger partial charge in [0.2, 0.25) is 0 Å². The molecule has 3 aliphatic rings. The maximum absolute atomic E-state index is 13.5. The summed E-state index contributed by atoms with van der Waals surface area (Å²) in [6.45, 7) is 13.1. The number of carbonyl (C=O) groups is 1. The van der Waals surface area contributed by atoms with Crippen LogP contribution in [0.25, 0.3) is 0 Å². The van der Waals surface area contributed by atoms with Crippen LogP contribution in [-0.2, 0) is 19.6 Å². The third-order valence-corrected chi connectivity index (χ3v) is 9.72. The summed E-state index contributed by atoms with van der Waals surface area (Å²) in [7, 11) is 0. The first-order chi connectivity index (χ1) is 21.7. The molecule has 242 valence electrons. The lowest BCUT2D eigenvalue weighted by Crippen LogP contribution is -2.58. The molecule has 1 saturated heterocycles. The number of benzene rings is 1. The van der Waals surface area contributed by atoms with Crippen LogP contribution in [0.5, 0.6) is 5.75 Å². The van der Waals surface area contributed by atoms with Gasteiger partial charge < -0.3 is 35.1 Å². The lowest BCUT2D eigenvalue weighted by atomic mass is 9.82. The lowest BCUT2D eigenvalue weighted by molar-refractivity contribution is 0.0594. The van der Waals surface area contributed by atoms with Crippen molar-refractivity contribution in [2.75, 3.05) is 42.9 Å². The molecular formula is C34H47N7O4. The third kappa shape index (κ3) is 7.26. The largest absolute Gasteiger partial charge is 0.486 e. The number of ether oxygens (including phenoxy) is 1. The lowest BCUT2D eigenvalue weighted by Gasteiger charge is -2.40. The number of piperazine rings is 1. The number of fused-ring (bicyclic) bond motifs is 1. The highest BCUT2D eigenvalue weighted by Gasteiger charge is 2.36. The van der Waals surface area contributed by atoms with Gasteiger partial charge in [-0.1, -0.05) is 6.07 Å². The number of amides is 1. The molecule has 2 aromatic heterocycles. The molecule has 0 spiro atoms. The van der Waals surface area contributed by atoms with Gasteiger partial charge in [0.1, 0.15) is 24.0 Å². The van der Waals surface area contributed by atoms with Crippen LogP contribution < -0.4 is 25.6 Å². The van der Waals surface area contributed by atoms with Crippen molar-refractivity contribution >= 4 is 17.5 Å². The molecule has 0 bridgehead atoms. The third-order valence-electron chi connectivity index (χ3n) is 9.72. The van der Waals surface area contributed by atoms with E-state index in [1.807, 2.05) is 38.1 Å². The Hall–Kier alpha value is -3.67. The van der Waals surface area contributed by atoms with Crippen LogP contribution in [0.3, 0.4) is 0 Å². The smallest absolute Gasteiger partial charge is 0.251 e. The highest BCUT2D eigenvalue weighted by Crippen LogP contribution is 2.30. The molecule has 11 heteroatoms. The maximum Gasteiger partial charge on any atom is 0.251 e. The van der Waals surface area contributed by atoms with Gasteiger partial charge >= 0.3 is 0 Å². The van der Waals surface area contributed by atoms with E-state index in [1.165, 1.54) is 12.8 Å². The summed E-state index contributed by atoms with van der Waals surface area (Å²) < 4.78 is 11.3. The van der Waals surface area contributed by atoms with Crippen molar-refractivity contribution in [1.82, 2.24) is 25.5 Å². The number of aliphatic hydroxyl groups is 1. The summed E-state index contributed by atoms with van der Waals surface area (Å²) in [5.41, 5.74) is 3.05. The molecule has 1 saturated carbocycles. The number of rotatable bonds is 11. The minimum Gasteiger partial charge on any atom is -0.486 e. The molecule has 0 unspecified atom stereocenters. The Bertz CT molecular complexity index is 1480. The van der Waals surface area contributed by atoms with Crippen molar-refractivity contribution < 1.29 is 19.1 Å². The fourth-order valence-electron chi connectivity index (χ4n) is 6.26. The van der Waals surface area contributed by atoms with E-state index in [-0.39, 0.29) is 12.5 Å². The Kier molecular flexibility index (Phi) is 9.30. The zero-order valence-electron chi connectivity index (χ0n) is 26.9. The van der Waals surface area contributed by atoms with Gasteiger partial charge in [0.15, 0.2) is 12.2 Å². The SMILES string of the molecule is Cc1ncoc1COc1ccc2c(c1)CN[C@@](C)([C@H](O)CNC(=O)c1cc(NC3CCC3)nc(N3CCN(C(C)C)CC3)c1)C2. The van der Waals surface area contributed by atoms with Crippen LogP contribution in [0.15, 0.2) is 41.1 Å². The quantitative estimate of drug-likeness (QED) is 0.253. The van der Waals surface area contributed by atoms with Gasteiger partial charge in [0, 0.05) is 62.5 Å². The topological polar surface area (TPSA) is 128 Å². The van der Waals surface area contributed by atoms with Gasteiger partial charge in [0.05, 0.1) is 11.8 Å².